The Morgan fingerprint density at radius 3 is 2.84 bits per heavy atom. The van der Waals surface area contributed by atoms with Gasteiger partial charge in [-0.05, 0) is 23.8 Å². The molecule has 1 aliphatic rings. The topological polar surface area (TPSA) is 20.2 Å². The van der Waals surface area contributed by atoms with Gasteiger partial charge in [-0.3, -0.25) is 0 Å². The van der Waals surface area contributed by atoms with E-state index in [1.165, 1.54) is 6.07 Å². The monoisotopic (exact) mass is 364 g/mol. The third kappa shape index (κ3) is 4.13. The van der Waals surface area contributed by atoms with E-state index < -0.39 is 6.10 Å². The first-order valence-electron chi connectivity index (χ1n) is 6.36. The number of halogens is 2. The van der Waals surface area contributed by atoms with Gasteiger partial charge in [-0.2, -0.15) is 23.5 Å². The van der Waals surface area contributed by atoms with Crippen molar-refractivity contribution < 1.29 is 9.50 Å². The van der Waals surface area contributed by atoms with Gasteiger partial charge < -0.3 is 5.11 Å². The number of rotatable bonds is 3. The molecule has 2 rings (SSSR count). The summed E-state index contributed by atoms with van der Waals surface area (Å²) in [4.78, 5) is 0. The Labute approximate surface area is 130 Å². The Kier molecular flexibility index (Phi) is 5.64. The standard InChI is InChI=1S/C14H18BrFOS2/c1-8-9(2)19-14(7-18-8)13(17)6-10-5-11(15)3-4-12(10)16/h3-5,8-9,13-14,17H,6-7H2,1-2H3. The van der Waals surface area contributed by atoms with Crippen LogP contribution in [0.15, 0.2) is 22.7 Å². The summed E-state index contributed by atoms with van der Waals surface area (Å²) in [5, 5.41) is 11.7. The predicted octanol–water partition coefficient (Wildman–Crippen LogP) is 4.12. The molecule has 1 aliphatic heterocycles. The Morgan fingerprint density at radius 1 is 1.42 bits per heavy atom. The highest BCUT2D eigenvalue weighted by atomic mass is 79.9. The van der Waals surface area contributed by atoms with Crippen LogP contribution in [-0.4, -0.2) is 32.7 Å². The van der Waals surface area contributed by atoms with Crippen LogP contribution in [0.3, 0.4) is 0 Å². The third-order valence-corrected chi connectivity index (χ3v) is 7.47. The lowest BCUT2D eigenvalue weighted by Crippen LogP contribution is -2.35. The van der Waals surface area contributed by atoms with Crippen LogP contribution >= 0.6 is 39.5 Å². The zero-order chi connectivity index (χ0) is 14.0. The first kappa shape index (κ1) is 15.7. The second-order valence-corrected chi connectivity index (χ2v) is 8.87. The van der Waals surface area contributed by atoms with Gasteiger partial charge in [-0.25, -0.2) is 4.39 Å². The number of aliphatic hydroxyl groups excluding tert-OH is 1. The lowest BCUT2D eigenvalue weighted by molar-refractivity contribution is 0.176. The minimum Gasteiger partial charge on any atom is -0.392 e. The minimum absolute atomic E-state index is 0.189. The van der Waals surface area contributed by atoms with Crippen molar-refractivity contribution in [1.29, 1.82) is 0 Å². The lowest BCUT2D eigenvalue weighted by Gasteiger charge is -2.33. The maximum absolute atomic E-state index is 13.7. The predicted molar refractivity (Wildman–Crippen MR) is 86.6 cm³/mol. The Hall–Kier alpha value is 0.290. The van der Waals surface area contributed by atoms with Crippen LogP contribution in [0.4, 0.5) is 4.39 Å². The van der Waals surface area contributed by atoms with Gasteiger partial charge in [0.2, 0.25) is 0 Å². The second-order valence-electron chi connectivity index (χ2n) is 4.93. The molecule has 0 bridgehead atoms. The van der Waals surface area contributed by atoms with Crippen LogP contribution in [0, 0.1) is 5.82 Å². The number of hydrogen-bond donors (Lipinski definition) is 1. The summed E-state index contributed by atoms with van der Waals surface area (Å²) >= 11 is 7.07. The first-order chi connectivity index (χ1) is 8.97. The molecule has 0 aromatic heterocycles. The molecule has 106 valence electrons. The van der Waals surface area contributed by atoms with Gasteiger partial charge in [-0.15, -0.1) is 0 Å². The Balaban J connectivity index is 2.01. The second kappa shape index (κ2) is 6.83. The highest BCUT2D eigenvalue weighted by Crippen LogP contribution is 2.37. The summed E-state index contributed by atoms with van der Waals surface area (Å²) in [7, 11) is 0. The number of aliphatic hydroxyl groups is 1. The fourth-order valence-electron chi connectivity index (χ4n) is 2.07. The molecule has 1 fully saturated rings. The van der Waals surface area contributed by atoms with Crippen LogP contribution in [0.1, 0.15) is 19.4 Å². The molecule has 1 aromatic carbocycles. The van der Waals surface area contributed by atoms with Gasteiger partial charge in [0, 0.05) is 32.4 Å². The van der Waals surface area contributed by atoms with Crippen LogP contribution in [0.25, 0.3) is 0 Å². The van der Waals surface area contributed by atoms with Crippen molar-refractivity contribution in [2.75, 3.05) is 5.75 Å². The summed E-state index contributed by atoms with van der Waals surface area (Å²) in [6.45, 7) is 4.42. The van der Waals surface area contributed by atoms with Crippen LogP contribution < -0.4 is 0 Å². The fourth-order valence-corrected chi connectivity index (χ4v) is 5.49. The van der Waals surface area contributed by atoms with Gasteiger partial charge in [0.05, 0.1) is 6.10 Å². The van der Waals surface area contributed by atoms with Crippen molar-refractivity contribution in [3.05, 3.63) is 34.1 Å². The molecule has 4 unspecified atom stereocenters. The van der Waals surface area contributed by atoms with E-state index in [0.717, 1.165) is 10.2 Å². The van der Waals surface area contributed by atoms with E-state index in [1.807, 2.05) is 23.5 Å². The molecule has 1 N–H and O–H groups in total. The number of thioether (sulfide) groups is 2. The Morgan fingerprint density at radius 2 is 2.16 bits per heavy atom. The van der Waals surface area contributed by atoms with Gasteiger partial charge in [0.1, 0.15) is 5.82 Å². The Bertz CT molecular complexity index is 443. The van der Waals surface area contributed by atoms with Crippen LogP contribution in [0.5, 0.6) is 0 Å². The minimum atomic E-state index is -0.490. The van der Waals surface area contributed by atoms with E-state index in [-0.39, 0.29) is 11.1 Å². The van der Waals surface area contributed by atoms with E-state index in [4.69, 9.17) is 0 Å². The van der Waals surface area contributed by atoms with Crippen molar-refractivity contribution in [3.8, 4) is 0 Å². The number of hydrogen-bond acceptors (Lipinski definition) is 3. The van der Waals surface area contributed by atoms with Crippen molar-refractivity contribution in [1.82, 2.24) is 0 Å². The molecule has 1 saturated heterocycles. The fraction of sp³-hybridized carbons (Fsp3) is 0.571. The zero-order valence-corrected chi connectivity index (χ0v) is 14.2. The molecule has 0 aliphatic carbocycles. The maximum Gasteiger partial charge on any atom is 0.126 e. The SMILES string of the molecule is CC1SCC(C(O)Cc2cc(Br)ccc2F)SC1C. The molecule has 0 spiro atoms. The average molecular weight is 365 g/mol. The summed E-state index contributed by atoms with van der Waals surface area (Å²) in [5.41, 5.74) is 0.582. The molecule has 0 radical (unpaired) electrons. The molecular formula is C14H18BrFOS2. The van der Waals surface area contributed by atoms with Gasteiger partial charge in [0.15, 0.2) is 0 Å². The zero-order valence-electron chi connectivity index (χ0n) is 11.0. The van der Waals surface area contributed by atoms with E-state index in [0.29, 0.717) is 22.5 Å². The lowest BCUT2D eigenvalue weighted by atomic mass is 10.1. The molecule has 1 nitrogen and oxygen atoms in total. The van der Waals surface area contributed by atoms with Gasteiger partial charge in [0.25, 0.3) is 0 Å². The third-order valence-electron chi connectivity index (χ3n) is 3.44. The molecule has 0 amide bonds. The van der Waals surface area contributed by atoms with Gasteiger partial charge in [-0.1, -0.05) is 29.8 Å². The summed E-state index contributed by atoms with van der Waals surface area (Å²) in [6.07, 6.45) is -0.110. The summed E-state index contributed by atoms with van der Waals surface area (Å²) in [6, 6.07) is 4.88. The van der Waals surface area contributed by atoms with E-state index >= 15 is 0 Å². The van der Waals surface area contributed by atoms with Gasteiger partial charge >= 0.3 is 0 Å². The van der Waals surface area contributed by atoms with Crippen molar-refractivity contribution in [2.24, 2.45) is 0 Å². The van der Waals surface area contributed by atoms with Crippen LogP contribution in [0.2, 0.25) is 0 Å². The summed E-state index contributed by atoms with van der Waals surface area (Å²) in [5.74, 6) is 0.699. The highest BCUT2D eigenvalue weighted by molar-refractivity contribution is 9.10. The maximum atomic E-state index is 13.7. The molecule has 5 heteroatoms. The largest absolute Gasteiger partial charge is 0.392 e. The molecule has 19 heavy (non-hydrogen) atoms. The summed E-state index contributed by atoms with van der Waals surface area (Å²) < 4.78 is 14.5. The quantitative estimate of drug-likeness (QED) is 0.870. The average Bonchev–Trinajstić information content (AvgIpc) is 2.37. The molecule has 0 saturated carbocycles. The molecule has 4 atom stereocenters. The normalized spacial score (nSPS) is 29.2. The highest BCUT2D eigenvalue weighted by Gasteiger charge is 2.30. The van der Waals surface area contributed by atoms with Crippen molar-refractivity contribution in [2.45, 2.75) is 42.1 Å². The number of benzene rings is 1. The molecular weight excluding hydrogens is 347 g/mol. The molecule has 1 aromatic rings. The molecule has 1 heterocycles. The van der Waals surface area contributed by atoms with Crippen LogP contribution in [-0.2, 0) is 6.42 Å². The van der Waals surface area contributed by atoms with E-state index in [9.17, 15) is 9.50 Å². The van der Waals surface area contributed by atoms with Crippen molar-refractivity contribution >= 4 is 39.5 Å². The van der Waals surface area contributed by atoms with Crippen molar-refractivity contribution in [3.63, 3.8) is 0 Å². The van der Waals surface area contributed by atoms with E-state index in [2.05, 4.69) is 29.8 Å². The smallest absolute Gasteiger partial charge is 0.126 e. The van der Waals surface area contributed by atoms with E-state index in [1.54, 1.807) is 12.1 Å². The first-order valence-corrected chi connectivity index (χ1v) is 9.15.